The van der Waals surface area contributed by atoms with Gasteiger partial charge in [-0.3, -0.25) is 14.9 Å². The zero-order valence-electron chi connectivity index (χ0n) is 15.9. The summed E-state index contributed by atoms with van der Waals surface area (Å²) in [6.45, 7) is 3.79. The second kappa shape index (κ2) is 8.75. The maximum atomic E-state index is 12.2. The van der Waals surface area contributed by atoms with Gasteiger partial charge in [-0.2, -0.15) is 0 Å². The van der Waals surface area contributed by atoms with E-state index in [4.69, 9.17) is 0 Å². The quantitative estimate of drug-likeness (QED) is 0.367. The predicted molar refractivity (Wildman–Crippen MR) is 112 cm³/mol. The number of hydrogen-bond donors (Lipinski definition) is 2. The lowest BCUT2D eigenvalue weighted by Crippen LogP contribution is -2.08. The largest absolute Gasteiger partial charge is 0.324 e. The Balaban J connectivity index is 1.64. The van der Waals surface area contributed by atoms with Gasteiger partial charge in [-0.25, -0.2) is 9.97 Å². The number of benzene rings is 2. The number of non-ortho nitro benzene ring substituents is 1. The molecule has 0 aliphatic heterocycles. The second-order valence-corrected chi connectivity index (χ2v) is 6.35. The standard InChI is InChI=1S/C21H19N5O3/c1-14-12-15(2)23-21(22-14)25-18-5-3-4-17(13-18)24-20(27)11-8-16-6-9-19(10-7-16)26(28)29/h3-13H,1-2H3,(H,24,27)(H,22,23,25)/b11-8+. The van der Waals surface area contributed by atoms with E-state index in [1.807, 2.05) is 26.0 Å². The number of carbonyl (C=O) groups excluding carboxylic acids is 1. The number of aryl methyl sites for hydroxylation is 2. The fraction of sp³-hybridized carbons (Fsp3) is 0.0952. The highest BCUT2D eigenvalue weighted by molar-refractivity contribution is 6.02. The fourth-order valence-electron chi connectivity index (χ4n) is 2.65. The summed E-state index contributed by atoms with van der Waals surface area (Å²) < 4.78 is 0. The molecule has 0 atom stereocenters. The van der Waals surface area contributed by atoms with Crippen molar-refractivity contribution in [2.75, 3.05) is 10.6 Å². The van der Waals surface area contributed by atoms with Gasteiger partial charge < -0.3 is 10.6 Å². The van der Waals surface area contributed by atoms with Gasteiger partial charge in [0.2, 0.25) is 11.9 Å². The number of aromatic nitrogens is 2. The van der Waals surface area contributed by atoms with E-state index < -0.39 is 4.92 Å². The highest BCUT2D eigenvalue weighted by Crippen LogP contribution is 2.19. The summed E-state index contributed by atoms with van der Waals surface area (Å²) in [4.78, 5) is 31.0. The van der Waals surface area contributed by atoms with Crippen molar-refractivity contribution in [2.24, 2.45) is 0 Å². The van der Waals surface area contributed by atoms with Crippen LogP contribution in [-0.4, -0.2) is 20.8 Å². The molecule has 1 amide bonds. The summed E-state index contributed by atoms with van der Waals surface area (Å²) in [7, 11) is 0. The lowest BCUT2D eigenvalue weighted by atomic mass is 10.2. The van der Waals surface area contributed by atoms with Crippen molar-refractivity contribution in [1.82, 2.24) is 9.97 Å². The molecule has 146 valence electrons. The molecule has 0 aliphatic rings. The topological polar surface area (TPSA) is 110 Å². The summed E-state index contributed by atoms with van der Waals surface area (Å²) >= 11 is 0. The first-order valence-electron chi connectivity index (χ1n) is 8.82. The van der Waals surface area contributed by atoms with Crippen LogP contribution in [0.2, 0.25) is 0 Å². The number of anilines is 3. The van der Waals surface area contributed by atoms with Gasteiger partial charge in [-0.05, 0) is 61.9 Å². The molecule has 0 saturated heterocycles. The first-order chi connectivity index (χ1) is 13.9. The maximum Gasteiger partial charge on any atom is 0.269 e. The molecule has 0 radical (unpaired) electrons. The van der Waals surface area contributed by atoms with E-state index in [1.165, 1.54) is 18.2 Å². The molecular weight excluding hydrogens is 370 g/mol. The molecule has 8 heteroatoms. The number of nitro benzene ring substituents is 1. The average Bonchev–Trinajstić information content (AvgIpc) is 2.66. The first kappa shape index (κ1) is 19.7. The number of amides is 1. The van der Waals surface area contributed by atoms with Crippen LogP contribution in [0.25, 0.3) is 6.08 Å². The minimum atomic E-state index is -0.468. The number of nitrogens with one attached hydrogen (secondary N) is 2. The van der Waals surface area contributed by atoms with Gasteiger partial charge in [0.25, 0.3) is 5.69 Å². The lowest BCUT2D eigenvalue weighted by Gasteiger charge is -2.08. The van der Waals surface area contributed by atoms with E-state index in [-0.39, 0.29) is 11.6 Å². The van der Waals surface area contributed by atoms with Crippen LogP contribution in [0.15, 0.2) is 60.7 Å². The van der Waals surface area contributed by atoms with Crippen LogP contribution in [0.5, 0.6) is 0 Å². The van der Waals surface area contributed by atoms with E-state index in [1.54, 1.807) is 36.4 Å². The number of hydrogen-bond acceptors (Lipinski definition) is 6. The molecule has 2 aromatic carbocycles. The molecule has 3 aromatic rings. The minimum absolute atomic E-state index is 0.00343. The smallest absolute Gasteiger partial charge is 0.269 e. The second-order valence-electron chi connectivity index (χ2n) is 6.35. The van der Waals surface area contributed by atoms with Crippen molar-refractivity contribution in [3.8, 4) is 0 Å². The van der Waals surface area contributed by atoms with Gasteiger partial charge >= 0.3 is 0 Å². The zero-order chi connectivity index (χ0) is 20.8. The predicted octanol–water partition coefficient (Wildman–Crippen LogP) is 4.40. The molecule has 2 N–H and O–H groups in total. The van der Waals surface area contributed by atoms with E-state index in [9.17, 15) is 14.9 Å². The average molecular weight is 389 g/mol. The van der Waals surface area contributed by atoms with Crippen LogP contribution < -0.4 is 10.6 Å². The molecule has 0 unspecified atom stereocenters. The number of nitro groups is 1. The highest BCUT2D eigenvalue weighted by atomic mass is 16.6. The first-order valence-corrected chi connectivity index (χ1v) is 8.82. The van der Waals surface area contributed by atoms with Crippen LogP contribution in [-0.2, 0) is 4.79 Å². The van der Waals surface area contributed by atoms with Gasteiger partial charge in [0.05, 0.1) is 4.92 Å². The van der Waals surface area contributed by atoms with Crippen LogP contribution in [0, 0.1) is 24.0 Å². The summed E-state index contributed by atoms with van der Waals surface area (Å²) in [5.41, 5.74) is 3.77. The SMILES string of the molecule is Cc1cc(C)nc(Nc2cccc(NC(=O)/C=C/c3ccc([N+](=O)[O-])cc3)c2)n1. The van der Waals surface area contributed by atoms with E-state index >= 15 is 0 Å². The number of carbonyl (C=O) groups is 1. The molecule has 8 nitrogen and oxygen atoms in total. The Hall–Kier alpha value is -4.07. The van der Waals surface area contributed by atoms with Crippen molar-refractivity contribution >= 4 is 35.0 Å². The van der Waals surface area contributed by atoms with E-state index in [0.29, 0.717) is 17.2 Å². The number of rotatable bonds is 6. The third-order valence-corrected chi connectivity index (χ3v) is 3.90. The Morgan fingerprint density at radius 1 is 1.00 bits per heavy atom. The van der Waals surface area contributed by atoms with Gasteiger partial charge in [-0.1, -0.05) is 6.07 Å². The molecule has 1 aromatic heterocycles. The van der Waals surface area contributed by atoms with Crippen molar-refractivity contribution < 1.29 is 9.72 Å². The van der Waals surface area contributed by atoms with E-state index in [0.717, 1.165) is 17.1 Å². The van der Waals surface area contributed by atoms with Gasteiger partial charge in [0.1, 0.15) is 0 Å². The summed E-state index contributed by atoms with van der Waals surface area (Å²) in [6, 6.07) is 15.0. The van der Waals surface area contributed by atoms with E-state index in [2.05, 4.69) is 20.6 Å². The Morgan fingerprint density at radius 2 is 1.66 bits per heavy atom. The van der Waals surface area contributed by atoms with Gasteiger partial charge in [-0.15, -0.1) is 0 Å². The third-order valence-electron chi connectivity index (χ3n) is 3.90. The molecule has 0 spiro atoms. The molecule has 1 heterocycles. The van der Waals surface area contributed by atoms with Crippen molar-refractivity contribution in [1.29, 1.82) is 0 Å². The lowest BCUT2D eigenvalue weighted by molar-refractivity contribution is -0.384. The zero-order valence-corrected chi connectivity index (χ0v) is 15.9. The minimum Gasteiger partial charge on any atom is -0.324 e. The number of nitrogens with zero attached hydrogens (tertiary/aromatic N) is 3. The summed E-state index contributed by atoms with van der Waals surface area (Å²) in [5, 5.41) is 16.6. The molecular formula is C21H19N5O3. The Bertz CT molecular complexity index is 1060. The molecule has 0 fully saturated rings. The van der Waals surface area contributed by atoms with Crippen LogP contribution in [0.4, 0.5) is 23.0 Å². The third kappa shape index (κ3) is 5.70. The Kier molecular flexibility index (Phi) is 5.94. The fourth-order valence-corrected chi connectivity index (χ4v) is 2.65. The molecule has 0 saturated carbocycles. The maximum absolute atomic E-state index is 12.2. The molecule has 29 heavy (non-hydrogen) atoms. The Labute approximate surface area is 167 Å². The van der Waals surface area contributed by atoms with Gasteiger partial charge in [0.15, 0.2) is 0 Å². The van der Waals surface area contributed by atoms with Crippen molar-refractivity contribution in [3.05, 3.63) is 87.7 Å². The highest BCUT2D eigenvalue weighted by Gasteiger charge is 2.04. The molecule has 3 rings (SSSR count). The van der Waals surface area contributed by atoms with Crippen LogP contribution in [0.1, 0.15) is 17.0 Å². The normalized spacial score (nSPS) is 10.7. The van der Waals surface area contributed by atoms with Crippen molar-refractivity contribution in [3.63, 3.8) is 0 Å². The molecule has 0 aliphatic carbocycles. The van der Waals surface area contributed by atoms with Crippen LogP contribution in [0.3, 0.4) is 0 Å². The summed E-state index contributed by atoms with van der Waals surface area (Å²) in [6.07, 6.45) is 2.96. The molecule has 0 bridgehead atoms. The van der Waals surface area contributed by atoms with Crippen LogP contribution >= 0.6 is 0 Å². The Morgan fingerprint density at radius 3 is 2.31 bits per heavy atom. The van der Waals surface area contributed by atoms with Crippen molar-refractivity contribution in [2.45, 2.75) is 13.8 Å². The van der Waals surface area contributed by atoms with Gasteiger partial charge in [0, 0.05) is 41.0 Å². The monoisotopic (exact) mass is 389 g/mol. The summed E-state index contributed by atoms with van der Waals surface area (Å²) in [5.74, 6) is 0.173.